The third kappa shape index (κ3) is 4.18. The Morgan fingerprint density at radius 1 is 1.44 bits per heavy atom. The van der Waals surface area contributed by atoms with Crippen LogP contribution in [-0.4, -0.2) is 40.5 Å². The Morgan fingerprint density at radius 2 is 2.00 bits per heavy atom. The molecule has 0 radical (unpaired) electrons. The lowest BCUT2D eigenvalue weighted by Crippen LogP contribution is -2.51. The van der Waals surface area contributed by atoms with Crippen LogP contribution in [0.4, 0.5) is 0 Å². The van der Waals surface area contributed by atoms with Gasteiger partial charge in [-0.2, -0.15) is 0 Å². The maximum Gasteiger partial charge on any atom is 0.303 e. The zero-order valence-corrected chi connectivity index (χ0v) is 9.90. The van der Waals surface area contributed by atoms with Crippen LogP contribution in [0.5, 0.6) is 0 Å². The third-order valence-corrected chi connectivity index (χ3v) is 2.76. The summed E-state index contributed by atoms with van der Waals surface area (Å²) >= 11 is 0. The summed E-state index contributed by atoms with van der Waals surface area (Å²) in [6.45, 7) is 4.94. The quantitative estimate of drug-likeness (QED) is 0.715. The van der Waals surface area contributed by atoms with Gasteiger partial charge >= 0.3 is 5.97 Å². The summed E-state index contributed by atoms with van der Waals surface area (Å²) in [4.78, 5) is 23.8. The van der Waals surface area contributed by atoms with E-state index in [2.05, 4.69) is 0 Å². The van der Waals surface area contributed by atoms with Crippen LogP contribution in [0.15, 0.2) is 0 Å². The van der Waals surface area contributed by atoms with Crippen molar-refractivity contribution in [2.45, 2.75) is 38.6 Å². The Labute approximate surface area is 95.6 Å². The van der Waals surface area contributed by atoms with Crippen LogP contribution in [0.3, 0.4) is 0 Å². The van der Waals surface area contributed by atoms with Gasteiger partial charge in [0.25, 0.3) is 0 Å². The number of amides is 1. The summed E-state index contributed by atoms with van der Waals surface area (Å²) in [7, 11) is 0. The third-order valence-electron chi connectivity index (χ3n) is 2.76. The average Bonchev–Trinajstić information content (AvgIpc) is 2.05. The topological polar surface area (TPSA) is 83.6 Å². The van der Waals surface area contributed by atoms with Gasteiger partial charge in [-0.05, 0) is 20.3 Å². The predicted molar refractivity (Wildman–Crippen MR) is 59.8 cm³/mol. The molecule has 0 bridgehead atoms. The van der Waals surface area contributed by atoms with E-state index in [9.17, 15) is 9.59 Å². The summed E-state index contributed by atoms with van der Waals surface area (Å²) in [6, 6.07) is 0. The molecule has 1 aliphatic rings. The first kappa shape index (κ1) is 13.0. The van der Waals surface area contributed by atoms with E-state index in [1.807, 2.05) is 13.8 Å². The minimum absolute atomic E-state index is 0.0835. The molecule has 1 rings (SSSR count). The molecule has 0 aromatic rings. The van der Waals surface area contributed by atoms with E-state index in [0.29, 0.717) is 25.9 Å². The maximum absolute atomic E-state index is 11.6. The highest BCUT2D eigenvalue weighted by molar-refractivity contribution is 5.77. The van der Waals surface area contributed by atoms with Gasteiger partial charge in [-0.1, -0.05) is 0 Å². The van der Waals surface area contributed by atoms with Gasteiger partial charge in [0, 0.05) is 31.0 Å². The number of carbonyl (C=O) groups is 2. The Hall–Kier alpha value is -1.10. The molecule has 0 atom stereocenters. The summed E-state index contributed by atoms with van der Waals surface area (Å²) in [5.74, 6) is -0.576. The molecule has 5 heteroatoms. The fraction of sp³-hybridized carbons (Fsp3) is 0.818. The van der Waals surface area contributed by atoms with E-state index < -0.39 is 5.97 Å². The molecule has 3 N–H and O–H groups in total. The fourth-order valence-electron chi connectivity index (χ4n) is 1.74. The molecular weight excluding hydrogens is 208 g/mol. The fourth-order valence-corrected chi connectivity index (χ4v) is 1.74. The second-order valence-electron chi connectivity index (χ2n) is 5.25. The van der Waals surface area contributed by atoms with Crippen molar-refractivity contribution >= 4 is 11.9 Å². The van der Waals surface area contributed by atoms with Gasteiger partial charge in [-0.15, -0.1) is 0 Å². The highest BCUT2D eigenvalue weighted by Gasteiger charge is 2.32. The van der Waals surface area contributed by atoms with Crippen LogP contribution in [0.1, 0.15) is 33.1 Å². The second-order valence-corrected chi connectivity index (χ2v) is 5.25. The Kier molecular flexibility index (Phi) is 3.91. The molecule has 16 heavy (non-hydrogen) atoms. The van der Waals surface area contributed by atoms with E-state index in [1.165, 1.54) is 0 Å². The maximum atomic E-state index is 11.6. The zero-order valence-electron chi connectivity index (χ0n) is 9.90. The molecular formula is C11H20N2O3. The molecule has 1 fully saturated rings. The van der Waals surface area contributed by atoms with Crippen molar-refractivity contribution in [3.63, 3.8) is 0 Å². The van der Waals surface area contributed by atoms with E-state index in [-0.39, 0.29) is 23.8 Å². The summed E-state index contributed by atoms with van der Waals surface area (Å²) in [6.07, 6.45) is 1.27. The smallest absolute Gasteiger partial charge is 0.303 e. The highest BCUT2D eigenvalue weighted by Crippen LogP contribution is 2.21. The van der Waals surface area contributed by atoms with Crippen LogP contribution in [0.2, 0.25) is 0 Å². The molecule has 1 saturated heterocycles. The second kappa shape index (κ2) is 4.82. The molecule has 0 aliphatic carbocycles. The van der Waals surface area contributed by atoms with Crippen LogP contribution < -0.4 is 5.73 Å². The predicted octanol–water partition coefficient (Wildman–Crippen LogP) is 0.437. The van der Waals surface area contributed by atoms with Gasteiger partial charge in [0.15, 0.2) is 0 Å². The molecule has 0 spiro atoms. The number of nitrogens with two attached hydrogens (primary N) is 1. The SMILES string of the molecule is CC(C)(N)CCC(=O)N1CC(CC(=O)O)C1. The Bertz CT molecular complexity index is 277. The van der Waals surface area contributed by atoms with Gasteiger partial charge in [-0.25, -0.2) is 0 Å². The van der Waals surface area contributed by atoms with E-state index in [4.69, 9.17) is 10.8 Å². The summed E-state index contributed by atoms with van der Waals surface area (Å²) in [5, 5.41) is 8.56. The first-order chi connectivity index (χ1) is 7.28. The summed E-state index contributed by atoms with van der Waals surface area (Å²) in [5.41, 5.74) is 5.47. The van der Waals surface area contributed by atoms with Crippen LogP contribution >= 0.6 is 0 Å². The average molecular weight is 228 g/mol. The van der Waals surface area contributed by atoms with Crippen molar-refractivity contribution in [3.05, 3.63) is 0 Å². The minimum atomic E-state index is -0.791. The van der Waals surface area contributed by atoms with Gasteiger partial charge < -0.3 is 15.7 Å². The van der Waals surface area contributed by atoms with Gasteiger partial charge in [-0.3, -0.25) is 9.59 Å². The molecule has 0 unspecified atom stereocenters. The van der Waals surface area contributed by atoms with Gasteiger partial charge in [0.1, 0.15) is 0 Å². The number of nitrogens with zero attached hydrogens (tertiary/aromatic N) is 1. The lowest BCUT2D eigenvalue weighted by Gasteiger charge is -2.39. The zero-order chi connectivity index (χ0) is 12.3. The van der Waals surface area contributed by atoms with Crippen molar-refractivity contribution in [3.8, 4) is 0 Å². The normalized spacial score (nSPS) is 17.1. The van der Waals surface area contributed by atoms with E-state index >= 15 is 0 Å². The lowest BCUT2D eigenvalue weighted by atomic mass is 9.94. The minimum Gasteiger partial charge on any atom is -0.481 e. The molecule has 1 aliphatic heterocycles. The van der Waals surface area contributed by atoms with Gasteiger partial charge in [0.2, 0.25) is 5.91 Å². The Balaban J connectivity index is 2.19. The van der Waals surface area contributed by atoms with E-state index in [0.717, 1.165) is 0 Å². The van der Waals surface area contributed by atoms with Crippen LogP contribution in [0, 0.1) is 5.92 Å². The van der Waals surface area contributed by atoms with Crippen LogP contribution in [0.25, 0.3) is 0 Å². The molecule has 5 nitrogen and oxygen atoms in total. The molecule has 0 saturated carbocycles. The molecule has 1 heterocycles. The lowest BCUT2D eigenvalue weighted by molar-refractivity contribution is -0.145. The standard InChI is InChI=1S/C11H20N2O3/c1-11(2,12)4-3-9(14)13-6-8(7-13)5-10(15)16/h8H,3-7,12H2,1-2H3,(H,15,16). The highest BCUT2D eigenvalue weighted by atomic mass is 16.4. The number of carboxylic acid groups (broad SMARTS) is 1. The van der Waals surface area contributed by atoms with Crippen molar-refractivity contribution in [1.82, 2.24) is 4.90 Å². The number of carboxylic acids is 1. The van der Waals surface area contributed by atoms with Crippen molar-refractivity contribution in [2.24, 2.45) is 11.7 Å². The number of hydrogen-bond donors (Lipinski definition) is 2. The number of aliphatic carboxylic acids is 1. The molecule has 92 valence electrons. The Morgan fingerprint density at radius 3 is 2.44 bits per heavy atom. The van der Waals surface area contributed by atoms with Crippen molar-refractivity contribution in [1.29, 1.82) is 0 Å². The van der Waals surface area contributed by atoms with Crippen LogP contribution in [-0.2, 0) is 9.59 Å². The first-order valence-corrected chi connectivity index (χ1v) is 5.56. The number of rotatable bonds is 5. The first-order valence-electron chi connectivity index (χ1n) is 5.56. The molecule has 1 amide bonds. The molecule has 0 aromatic carbocycles. The number of likely N-dealkylation sites (tertiary alicyclic amines) is 1. The van der Waals surface area contributed by atoms with Gasteiger partial charge in [0.05, 0.1) is 6.42 Å². The number of hydrogen-bond acceptors (Lipinski definition) is 3. The van der Waals surface area contributed by atoms with Crippen molar-refractivity contribution < 1.29 is 14.7 Å². The number of carbonyl (C=O) groups excluding carboxylic acids is 1. The van der Waals surface area contributed by atoms with E-state index in [1.54, 1.807) is 4.90 Å². The van der Waals surface area contributed by atoms with Crippen molar-refractivity contribution in [2.75, 3.05) is 13.1 Å². The monoisotopic (exact) mass is 228 g/mol. The molecule has 0 aromatic heterocycles. The summed E-state index contributed by atoms with van der Waals surface area (Å²) < 4.78 is 0. The largest absolute Gasteiger partial charge is 0.481 e.